The van der Waals surface area contributed by atoms with Crippen molar-refractivity contribution in [2.45, 2.75) is 0 Å². The van der Waals surface area contributed by atoms with Crippen molar-refractivity contribution < 1.29 is 24.7 Å². The Kier molecular flexibility index (Phi) is 4.91. The molecule has 0 saturated heterocycles. The Labute approximate surface area is 116 Å². The fraction of sp³-hybridized carbons (Fsp3) is 0.182. The van der Waals surface area contributed by atoms with Crippen LogP contribution in [-0.4, -0.2) is 23.9 Å². The van der Waals surface area contributed by atoms with Crippen molar-refractivity contribution in [1.82, 2.24) is 0 Å². The molecule has 0 atom stereocenters. The molecule has 1 aromatic carbocycles. The van der Waals surface area contributed by atoms with E-state index in [1.165, 1.54) is 0 Å². The van der Waals surface area contributed by atoms with E-state index in [1.54, 1.807) is 0 Å². The van der Waals surface area contributed by atoms with E-state index in [0.717, 1.165) is 18.2 Å². The number of hydrogen-bond donors (Lipinski definition) is 1. The summed E-state index contributed by atoms with van der Waals surface area (Å²) in [6.07, 6.45) is 0. The summed E-state index contributed by atoms with van der Waals surface area (Å²) in [5, 5.41) is 34.3. The van der Waals surface area contributed by atoms with Gasteiger partial charge in [0.1, 0.15) is 5.58 Å². The predicted molar refractivity (Wildman–Crippen MR) is 69.0 cm³/mol. The minimum absolute atomic E-state index is 0.235. The molecule has 0 aliphatic heterocycles. The highest BCUT2D eigenvalue weighted by Crippen LogP contribution is 2.30. The zero-order valence-corrected chi connectivity index (χ0v) is 11.1. The van der Waals surface area contributed by atoms with Crippen LogP contribution in [0.4, 0.5) is 11.4 Å². The lowest BCUT2D eigenvalue weighted by atomic mass is 10.2. The molecule has 10 nitrogen and oxygen atoms in total. The van der Waals surface area contributed by atoms with Gasteiger partial charge in [-0.1, -0.05) is 0 Å². The van der Waals surface area contributed by atoms with Gasteiger partial charge in [-0.25, -0.2) is 4.79 Å². The molecule has 0 bridgehead atoms. The Bertz CT molecular complexity index is 753. The van der Waals surface area contributed by atoms with Crippen LogP contribution in [0.3, 0.4) is 0 Å². The fourth-order valence-electron chi connectivity index (χ4n) is 1.42. The molecule has 0 radical (unpaired) electrons. The van der Waals surface area contributed by atoms with Gasteiger partial charge >= 0.3 is 11.3 Å². The maximum atomic E-state index is 11.6. The molecule has 0 unspecified atom stereocenters. The van der Waals surface area contributed by atoms with Crippen molar-refractivity contribution >= 4 is 22.3 Å². The number of fused-ring (bicyclic) bond motifs is 1. The van der Waals surface area contributed by atoms with Gasteiger partial charge in [0.05, 0.1) is 23.9 Å². The van der Waals surface area contributed by atoms with Crippen LogP contribution in [0.5, 0.6) is 5.75 Å². The molecule has 2 rings (SSSR count). The summed E-state index contributed by atoms with van der Waals surface area (Å²) in [5.74, 6) is -1.20. The number of nitrogens with zero attached hydrogens (tertiary/aromatic N) is 2. The number of nitrogens with two attached hydrogens (primary N) is 1. The number of benzene rings is 1. The largest absolute Gasteiger partial charge is 0.867 e. The van der Waals surface area contributed by atoms with E-state index in [0.29, 0.717) is 0 Å². The molecule has 21 heavy (non-hydrogen) atoms. The normalized spacial score (nSPS) is 9.81. The quantitative estimate of drug-likeness (QED) is 0.444. The van der Waals surface area contributed by atoms with Crippen molar-refractivity contribution in [1.29, 1.82) is 0 Å². The zero-order valence-electron chi connectivity index (χ0n) is 11.1. The molecule has 2 N–H and O–H groups in total. The van der Waals surface area contributed by atoms with E-state index in [2.05, 4.69) is 4.42 Å². The van der Waals surface area contributed by atoms with Crippen molar-refractivity contribution in [2.75, 3.05) is 14.1 Å². The average Bonchev–Trinajstić information content (AvgIpc) is 2.38. The summed E-state index contributed by atoms with van der Waals surface area (Å²) < 4.78 is 4.55. The molecular weight excluding hydrogens is 286 g/mol. The molecule has 10 heteroatoms. The molecule has 0 spiro atoms. The van der Waals surface area contributed by atoms with Crippen LogP contribution < -0.4 is 16.0 Å². The van der Waals surface area contributed by atoms with Crippen LogP contribution in [0, 0.1) is 20.2 Å². The second kappa shape index (κ2) is 6.43. The molecule has 0 fully saturated rings. The van der Waals surface area contributed by atoms with E-state index in [4.69, 9.17) is 0 Å². The van der Waals surface area contributed by atoms with E-state index in [9.17, 15) is 30.1 Å². The van der Waals surface area contributed by atoms with Crippen molar-refractivity contribution in [3.05, 3.63) is 48.8 Å². The second-order valence-electron chi connectivity index (χ2n) is 3.84. The van der Waals surface area contributed by atoms with Gasteiger partial charge in [-0.2, -0.15) is 0 Å². The maximum absolute atomic E-state index is 11.6. The molecule has 0 saturated carbocycles. The Hall–Kier alpha value is -3.01. The van der Waals surface area contributed by atoms with Crippen LogP contribution in [0.15, 0.2) is 27.4 Å². The standard InChI is InChI=1S/C9H4N2O7.C2H7N/c12-8-5-3-4(10(14)15)1-2-6(5)18-9(13)7(8)11(16)17;1-3-2/h1-3,12H;3H,1-2H3. The molecule has 2 aromatic rings. The van der Waals surface area contributed by atoms with E-state index in [1.807, 2.05) is 19.4 Å². The predicted octanol–water partition coefficient (Wildman–Crippen LogP) is -0.508. The first kappa shape index (κ1) is 16.0. The number of rotatable bonds is 2. The highest BCUT2D eigenvalue weighted by Gasteiger charge is 2.19. The Balaban J connectivity index is 0.000000677. The van der Waals surface area contributed by atoms with Gasteiger partial charge in [-0.15, -0.1) is 0 Å². The van der Waals surface area contributed by atoms with Crippen molar-refractivity contribution in [3.8, 4) is 5.75 Å². The third-order valence-corrected chi connectivity index (χ3v) is 2.21. The Morgan fingerprint density at radius 3 is 2.19 bits per heavy atom. The van der Waals surface area contributed by atoms with Gasteiger partial charge in [0.25, 0.3) is 5.69 Å². The first-order valence-corrected chi connectivity index (χ1v) is 5.64. The monoisotopic (exact) mass is 297 g/mol. The minimum Gasteiger partial charge on any atom is -0.867 e. The summed E-state index contributed by atoms with van der Waals surface area (Å²) >= 11 is 0. The van der Waals surface area contributed by atoms with E-state index in [-0.39, 0.29) is 11.0 Å². The number of quaternary nitrogens is 1. The van der Waals surface area contributed by atoms with Gasteiger partial charge in [-0.05, 0) is 11.8 Å². The molecule has 0 aliphatic carbocycles. The molecule has 112 valence electrons. The van der Waals surface area contributed by atoms with E-state index < -0.39 is 32.6 Å². The third-order valence-electron chi connectivity index (χ3n) is 2.21. The van der Waals surface area contributed by atoms with Crippen LogP contribution in [-0.2, 0) is 0 Å². The summed E-state index contributed by atoms with van der Waals surface area (Å²) in [5.41, 5.74) is -3.31. The summed E-state index contributed by atoms with van der Waals surface area (Å²) in [6.45, 7) is 0. The first-order chi connectivity index (χ1) is 9.83. The summed E-state index contributed by atoms with van der Waals surface area (Å²) in [4.78, 5) is 30.3. The molecule has 0 aliphatic rings. The topological polar surface area (TPSA) is 156 Å². The third kappa shape index (κ3) is 3.30. The lowest BCUT2D eigenvalue weighted by Crippen LogP contribution is -2.74. The summed E-state index contributed by atoms with van der Waals surface area (Å²) in [6, 6.07) is 2.89. The second-order valence-corrected chi connectivity index (χ2v) is 3.84. The van der Waals surface area contributed by atoms with E-state index >= 15 is 0 Å². The number of non-ortho nitro benzene ring substituents is 1. The summed E-state index contributed by atoms with van der Waals surface area (Å²) in [7, 11) is 4.00. The first-order valence-electron chi connectivity index (χ1n) is 5.64. The molecular formula is C11H11N3O7. The highest BCUT2D eigenvalue weighted by atomic mass is 16.6. The highest BCUT2D eigenvalue weighted by molar-refractivity contribution is 5.87. The molecule has 1 heterocycles. The average molecular weight is 297 g/mol. The van der Waals surface area contributed by atoms with Crippen LogP contribution in [0.1, 0.15) is 0 Å². The minimum atomic E-state index is -1.38. The van der Waals surface area contributed by atoms with Crippen LogP contribution in [0.2, 0.25) is 0 Å². The van der Waals surface area contributed by atoms with Gasteiger partial charge in [0.2, 0.25) is 0 Å². The Morgan fingerprint density at radius 2 is 1.71 bits per heavy atom. The van der Waals surface area contributed by atoms with Crippen molar-refractivity contribution in [3.63, 3.8) is 0 Å². The van der Waals surface area contributed by atoms with Gasteiger partial charge < -0.3 is 14.8 Å². The van der Waals surface area contributed by atoms with Crippen molar-refractivity contribution in [2.24, 2.45) is 0 Å². The lowest BCUT2D eigenvalue weighted by Gasteiger charge is -2.08. The van der Waals surface area contributed by atoms with Gasteiger partial charge in [0, 0.05) is 17.5 Å². The SMILES string of the molecule is C[NH2+]C.O=c1oc2ccc([N+](=O)[O-])cc2c([O-])c1[N+](=O)[O-]. The maximum Gasteiger partial charge on any atom is 0.414 e. The van der Waals surface area contributed by atoms with Crippen LogP contribution in [0.25, 0.3) is 11.0 Å². The zero-order chi connectivity index (χ0) is 16.2. The lowest BCUT2D eigenvalue weighted by molar-refractivity contribution is -0.597. The number of nitro benzene ring substituents is 1. The van der Waals surface area contributed by atoms with Gasteiger partial charge in [-0.3, -0.25) is 20.2 Å². The Morgan fingerprint density at radius 1 is 1.14 bits per heavy atom. The molecule has 0 amide bonds. The number of hydrogen-bond acceptors (Lipinski definition) is 7. The molecule has 1 aromatic heterocycles. The number of nitro groups is 2. The van der Waals surface area contributed by atoms with Crippen LogP contribution >= 0.6 is 0 Å². The fourth-order valence-corrected chi connectivity index (χ4v) is 1.42. The van der Waals surface area contributed by atoms with Gasteiger partial charge in [0.15, 0.2) is 0 Å². The smallest absolute Gasteiger partial charge is 0.414 e.